The van der Waals surface area contributed by atoms with Gasteiger partial charge in [0.2, 0.25) is 15.9 Å². The first kappa shape index (κ1) is 18.5. The van der Waals surface area contributed by atoms with Gasteiger partial charge in [-0.2, -0.15) is 4.31 Å². The summed E-state index contributed by atoms with van der Waals surface area (Å²) in [5.41, 5.74) is 1.78. The molecule has 7 heteroatoms. The van der Waals surface area contributed by atoms with Crippen molar-refractivity contribution in [3.8, 4) is 0 Å². The highest BCUT2D eigenvalue weighted by atomic mass is 32.2. The Kier molecular flexibility index (Phi) is 5.38. The van der Waals surface area contributed by atoms with Crippen LogP contribution in [-0.4, -0.2) is 36.2 Å². The maximum Gasteiger partial charge on any atom is 0.243 e. The normalized spacial score (nSPS) is 18.5. The molecule has 1 atom stereocenters. The van der Waals surface area contributed by atoms with Gasteiger partial charge in [-0.15, -0.1) is 0 Å². The minimum absolute atomic E-state index is 0.219. The van der Waals surface area contributed by atoms with E-state index in [1.165, 1.54) is 4.31 Å². The van der Waals surface area contributed by atoms with Crippen LogP contribution in [0.15, 0.2) is 47.4 Å². The second-order valence-electron chi connectivity index (χ2n) is 6.59. The molecule has 0 bridgehead atoms. The number of rotatable bonds is 4. The number of piperidine rings is 1. The monoisotopic (exact) mass is 373 g/mol. The van der Waals surface area contributed by atoms with E-state index in [1.54, 1.807) is 36.4 Å². The van der Waals surface area contributed by atoms with Crippen molar-refractivity contribution in [2.45, 2.75) is 44.0 Å². The molecule has 2 heterocycles. The van der Waals surface area contributed by atoms with Gasteiger partial charge in [-0.05, 0) is 51.0 Å². The molecule has 1 fully saturated rings. The van der Waals surface area contributed by atoms with Gasteiger partial charge < -0.3 is 5.32 Å². The molecule has 1 aliphatic rings. The van der Waals surface area contributed by atoms with Crippen molar-refractivity contribution in [2.75, 3.05) is 11.9 Å². The van der Waals surface area contributed by atoms with Crippen molar-refractivity contribution in [1.29, 1.82) is 0 Å². The third kappa shape index (κ3) is 3.94. The number of hydrogen-bond acceptors (Lipinski definition) is 4. The maximum absolute atomic E-state index is 13.1. The minimum Gasteiger partial charge on any atom is -0.309 e. The molecule has 3 rings (SSSR count). The second kappa shape index (κ2) is 7.55. The Labute approximate surface area is 154 Å². The van der Waals surface area contributed by atoms with Crippen molar-refractivity contribution in [3.05, 3.63) is 53.7 Å². The zero-order chi connectivity index (χ0) is 18.7. The maximum atomic E-state index is 13.1. The molecule has 0 unspecified atom stereocenters. The van der Waals surface area contributed by atoms with Crippen LogP contribution in [0.5, 0.6) is 0 Å². The fraction of sp³-hybridized carbons (Fsp3) is 0.368. The summed E-state index contributed by atoms with van der Waals surface area (Å²) in [6, 6.07) is 11.3. The summed E-state index contributed by atoms with van der Waals surface area (Å²) >= 11 is 0. The number of sulfonamides is 1. The summed E-state index contributed by atoms with van der Waals surface area (Å²) in [4.78, 5) is 17.2. The van der Waals surface area contributed by atoms with E-state index in [-0.39, 0.29) is 10.8 Å². The zero-order valence-corrected chi connectivity index (χ0v) is 15.8. The van der Waals surface area contributed by atoms with Crippen LogP contribution in [0.4, 0.5) is 5.82 Å². The van der Waals surface area contributed by atoms with Crippen LogP contribution >= 0.6 is 0 Å². The highest BCUT2D eigenvalue weighted by Crippen LogP contribution is 2.26. The number of anilines is 1. The molecular formula is C19H23N3O3S. The molecule has 1 aromatic carbocycles. The van der Waals surface area contributed by atoms with Crippen LogP contribution in [0.1, 0.15) is 30.5 Å². The van der Waals surface area contributed by atoms with Gasteiger partial charge in [0, 0.05) is 12.2 Å². The predicted octanol–water partition coefficient (Wildman–Crippen LogP) is 2.88. The third-order valence-electron chi connectivity index (χ3n) is 4.52. The number of hydrogen-bond donors (Lipinski definition) is 1. The number of aromatic nitrogens is 1. The second-order valence-corrected chi connectivity index (χ2v) is 8.48. The summed E-state index contributed by atoms with van der Waals surface area (Å²) in [5.74, 6) is 0.103. The number of nitrogens with one attached hydrogen (secondary N) is 1. The first-order chi connectivity index (χ1) is 12.4. The van der Waals surface area contributed by atoms with Crippen LogP contribution in [0.25, 0.3) is 0 Å². The first-order valence-electron chi connectivity index (χ1n) is 8.71. The topological polar surface area (TPSA) is 79.4 Å². The van der Waals surface area contributed by atoms with Crippen LogP contribution < -0.4 is 5.32 Å². The SMILES string of the molecule is Cc1ccc(S(=O)(=O)N2CCCC[C@@H]2C(=O)Nc2cccc(C)n2)cc1. The van der Waals surface area contributed by atoms with Crippen molar-refractivity contribution in [2.24, 2.45) is 0 Å². The van der Waals surface area contributed by atoms with Gasteiger partial charge in [0.1, 0.15) is 11.9 Å². The quantitative estimate of drug-likeness (QED) is 0.894. The predicted molar refractivity (Wildman–Crippen MR) is 100 cm³/mol. The lowest BCUT2D eigenvalue weighted by Crippen LogP contribution is -2.49. The fourth-order valence-electron chi connectivity index (χ4n) is 3.12. The van der Waals surface area contributed by atoms with Gasteiger partial charge in [0.25, 0.3) is 0 Å². The number of carbonyl (C=O) groups is 1. The van der Waals surface area contributed by atoms with Gasteiger partial charge in [0.05, 0.1) is 4.90 Å². The van der Waals surface area contributed by atoms with Crippen molar-refractivity contribution in [1.82, 2.24) is 9.29 Å². The highest BCUT2D eigenvalue weighted by Gasteiger charge is 2.37. The van der Waals surface area contributed by atoms with Gasteiger partial charge in [-0.25, -0.2) is 13.4 Å². The Morgan fingerprint density at radius 2 is 1.85 bits per heavy atom. The molecule has 138 valence electrons. The average Bonchev–Trinajstić information content (AvgIpc) is 2.62. The Hall–Kier alpha value is -2.25. The molecule has 0 radical (unpaired) electrons. The molecule has 0 saturated carbocycles. The van der Waals surface area contributed by atoms with E-state index in [0.29, 0.717) is 18.8 Å². The average molecular weight is 373 g/mol. The Morgan fingerprint density at radius 3 is 2.54 bits per heavy atom. The molecule has 2 aromatic rings. The minimum atomic E-state index is -3.72. The smallest absolute Gasteiger partial charge is 0.243 e. The van der Waals surface area contributed by atoms with Crippen LogP contribution in [-0.2, 0) is 14.8 Å². The summed E-state index contributed by atoms with van der Waals surface area (Å²) in [7, 11) is -3.72. The van der Waals surface area contributed by atoms with Crippen LogP contribution in [0.2, 0.25) is 0 Å². The van der Waals surface area contributed by atoms with E-state index < -0.39 is 16.1 Å². The molecule has 1 aliphatic heterocycles. The van der Waals surface area contributed by atoms with Gasteiger partial charge >= 0.3 is 0 Å². The van der Waals surface area contributed by atoms with E-state index in [2.05, 4.69) is 10.3 Å². The van der Waals surface area contributed by atoms with E-state index in [1.807, 2.05) is 19.9 Å². The molecular weight excluding hydrogens is 350 g/mol. The highest BCUT2D eigenvalue weighted by molar-refractivity contribution is 7.89. The Bertz CT molecular complexity index is 895. The van der Waals surface area contributed by atoms with Gasteiger partial charge in [-0.3, -0.25) is 4.79 Å². The molecule has 6 nitrogen and oxygen atoms in total. The number of benzene rings is 1. The van der Waals surface area contributed by atoms with E-state index >= 15 is 0 Å². The van der Waals surface area contributed by atoms with E-state index in [0.717, 1.165) is 24.1 Å². The lowest BCUT2D eigenvalue weighted by molar-refractivity contribution is -0.120. The summed E-state index contributed by atoms with van der Waals surface area (Å²) < 4.78 is 27.4. The molecule has 1 saturated heterocycles. The van der Waals surface area contributed by atoms with Crippen molar-refractivity contribution in [3.63, 3.8) is 0 Å². The van der Waals surface area contributed by atoms with Gasteiger partial charge in [-0.1, -0.05) is 30.2 Å². The number of nitrogens with zero attached hydrogens (tertiary/aromatic N) is 2. The molecule has 1 N–H and O–H groups in total. The summed E-state index contributed by atoms with van der Waals surface area (Å²) in [6.45, 7) is 4.09. The number of carbonyl (C=O) groups excluding carboxylic acids is 1. The molecule has 1 amide bonds. The van der Waals surface area contributed by atoms with E-state index in [4.69, 9.17) is 0 Å². The third-order valence-corrected chi connectivity index (χ3v) is 6.45. The first-order valence-corrected chi connectivity index (χ1v) is 10.1. The summed E-state index contributed by atoms with van der Waals surface area (Å²) in [6.07, 6.45) is 2.07. The Balaban J connectivity index is 1.85. The number of pyridine rings is 1. The largest absolute Gasteiger partial charge is 0.309 e. The van der Waals surface area contributed by atoms with Crippen molar-refractivity contribution >= 4 is 21.7 Å². The van der Waals surface area contributed by atoms with Crippen LogP contribution in [0.3, 0.4) is 0 Å². The van der Waals surface area contributed by atoms with Gasteiger partial charge in [0.15, 0.2) is 0 Å². The molecule has 0 spiro atoms. The lowest BCUT2D eigenvalue weighted by Gasteiger charge is -2.33. The lowest BCUT2D eigenvalue weighted by atomic mass is 10.0. The van der Waals surface area contributed by atoms with E-state index in [9.17, 15) is 13.2 Å². The molecule has 0 aliphatic carbocycles. The number of amides is 1. The zero-order valence-electron chi connectivity index (χ0n) is 15.0. The standard InChI is InChI=1S/C19H23N3O3S/c1-14-9-11-16(12-10-14)26(24,25)22-13-4-3-7-17(22)19(23)21-18-8-5-6-15(2)20-18/h5-6,8-12,17H,3-4,7,13H2,1-2H3,(H,20,21,23)/t17-/m1/s1. The Morgan fingerprint density at radius 1 is 1.12 bits per heavy atom. The molecule has 1 aromatic heterocycles. The molecule has 26 heavy (non-hydrogen) atoms. The van der Waals surface area contributed by atoms with Crippen molar-refractivity contribution < 1.29 is 13.2 Å². The van der Waals surface area contributed by atoms with Crippen LogP contribution in [0, 0.1) is 13.8 Å². The summed E-state index contributed by atoms with van der Waals surface area (Å²) in [5, 5.41) is 2.76. The fourth-order valence-corrected chi connectivity index (χ4v) is 4.78. The number of aryl methyl sites for hydroxylation is 2.